The van der Waals surface area contributed by atoms with E-state index < -0.39 is 48.2 Å². The highest BCUT2D eigenvalue weighted by Crippen LogP contribution is 2.40. The Morgan fingerprint density at radius 2 is 0.983 bits per heavy atom. The van der Waals surface area contributed by atoms with Gasteiger partial charge in [-0.2, -0.15) is 32.3 Å². The molecule has 6 atom stereocenters. The van der Waals surface area contributed by atoms with E-state index in [0.29, 0.717) is 48.7 Å². The molecule has 0 bridgehead atoms. The number of methoxy groups -OCH3 is 2. The van der Waals surface area contributed by atoms with Crippen LogP contribution in [0.5, 0.6) is 0 Å². The molecule has 0 aliphatic carbocycles. The molecule has 2 aliphatic heterocycles. The van der Waals surface area contributed by atoms with E-state index in [4.69, 9.17) is 9.47 Å². The van der Waals surface area contributed by atoms with Gasteiger partial charge >= 0.3 is 12.2 Å². The molecule has 2 aromatic heterocycles. The number of benzene rings is 2. The third kappa shape index (κ3) is 9.43. The van der Waals surface area contributed by atoms with Gasteiger partial charge < -0.3 is 39.9 Å². The van der Waals surface area contributed by atoms with E-state index in [9.17, 15) is 19.2 Å². The zero-order valence-electron chi connectivity index (χ0n) is 34.9. The van der Waals surface area contributed by atoms with Gasteiger partial charge in [-0.05, 0) is 48.3 Å². The predicted molar refractivity (Wildman–Crippen MR) is 228 cm³/mol. The van der Waals surface area contributed by atoms with E-state index in [0.717, 1.165) is 11.1 Å². The Balaban J connectivity index is 1.18. The summed E-state index contributed by atoms with van der Waals surface area (Å²) in [5.41, 5.74) is 3.19. The van der Waals surface area contributed by atoms with Crippen LogP contribution in [0.15, 0.2) is 48.5 Å². The number of carbonyl (C=O) groups is 4. The minimum atomic E-state index is -0.827. The van der Waals surface area contributed by atoms with Gasteiger partial charge in [0.05, 0.1) is 26.3 Å². The van der Waals surface area contributed by atoms with Gasteiger partial charge in [0.1, 0.15) is 35.1 Å². The highest BCUT2D eigenvalue weighted by atomic mass is 32.2. The standard InChI is InChI=1S/C42H52F2N8O6S2/c1-21(2)31(47-41(55)57-5)39(53)51-19-27(59-7)17-29(51)37-45-33(35(43)49-37)25-13-9-23(10-14-25)24-11-15-26(16-12-24)34-36(44)50-38(46-34)30-18-28(60-8)20-52(30)40(54)32(22(3)4)48-42(56)58-6/h9-16,21-22,27-32H,17-20H2,1-8H3,(H,45,49)(H,46,50)(H,47,55)(H,48,56)/t27-,28-,29-,30-,31-,32-/m0/s1. The molecule has 2 fully saturated rings. The van der Waals surface area contributed by atoms with Gasteiger partial charge in [0.25, 0.3) is 0 Å². The number of imidazole rings is 2. The van der Waals surface area contributed by atoms with E-state index in [2.05, 4.69) is 30.6 Å². The summed E-state index contributed by atoms with van der Waals surface area (Å²) in [5.74, 6) is -1.74. The number of nitrogens with zero attached hydrogens (tertiary/aromatic N) is 4. The van der Waals surface area contributed by atoms with Gasteiger partial charge in [-0.25, -0.2) is 19.6 Å². The van der Waals surface area contributed by atoms with Crippen LogP contribution in [0.3, 0.4) is 0 Å². The second kappa shape index (κ2) is 19.1. The van der Waals surface area contributed by atoms with Gasteiger partial charge in [0.2, 0.25) is 23.7 Å². The average Bonchev–Trinajstić information content (AvgIpc) is 4.05. The first-order valence-corrected chi connectivity index (χ1v) is 22.3. The second-order valence-electron chi connectivity index (χ2n) is 15.6. The average molecular weight is 867 g/mol. The summed E-state index contributed by atoms with van der Waals surface area (Å²) in [6.45, 7) is 8.19. The molecule has 0 unspecified atom stereocenters. The maximum absolute atomic E-state index is 15.5. The molecular formula is C42H52F2N8O6S2. The van der Waals surface area contributed by atoms with E-state index >= 15 is 8.78 Å². The van der Waals surface area contributed by atoms with Crippen LogP contribution in [0.4, 0.5) is 18.4 Å². The Morgan fingerprint density at radius 1 is 0.650 bits per heavy atom. The number of thioether (sulfide) groups is 2. The van der Waals surface area contributed by atoms with Crippen molar-refractivity contribution in [2.45, 2.75) is 75.2 Å². The van der Waals surface area contributed by atoms with Crippen LogP contribution in [0.1, 0.15) is 64.3 Å². The first-order valence-electron chi connectivity index (χ1n) is 19.7. The van der Waals surface area contributed by atoms with Gasteiger partial charge in [0, 0.05) is 34.7 Å². The number of halogens is 2. The number of aromatic nitrogens is 4. The topological polar surface area (TPSA) is 175 Å². The van der Waals surface area contributed by atoms with Gasteiger partial charge in [-0.15, -0.1) is 0 Å². The Kier molecular flexibility index (Phi) is 14.1. The van der Waals surface area contributed by atoms with Crippen molar-refractivity contribution < 1.29 is 37.4 Å². The van der Waals surface area contributed by atoms with Crippen molar-refractivity contribution in [2.24, 2.45) is 11.8 Å². The van der Waals surface area contributed by atoms with E-state index in [-0.39, 0.29) is 45.5 Å². The fraction of sp³-hybridized carbons (Fsp3) is 0.476. The van der Waals surface area contributed by atoms with Gasteiger partial charge in [-0.3, -0.25) is 9.59 Å². The lowest BCUT2D eigenvalue weighted by atomic mass is 10.0. The largest absolute Gasteiger partial charge is 0.453 e. The number of H-pyrrole nitrogens is 2. The lowest BCUT2D eigenvalue weighted by molar-refractivity contribution is -0.136. The SMILES string of the molecule is COC(=O)N[C@H](C(=O)N1C[C@@H](SC)C[C@H]1c1nc(F)c(-c2ccc(-c3ccc(-c4[nH]c([C@@H]5C[C@H](SC)CN5C(=O)[C@@H](NC(=O)OC)C(C)C)nc4F)cc3)cc2)[nH]1)C(C)C. The molecule has 6 rings (SSSR count). The zero-order chi connectivity index (χ0) is 43.4. The van der Waals surface area contributed by atoms with Crippen LogP contribution >= 0.6 is 23.5 Å². The number of carbonyl (C=O) groups excluding carboxylic acids is 4. The summed E-state index contributed by atoms with van der Waals surface area (Å²) in [6, 6.07) is 11.8. The number of rotatable bonds is 13. The van der Waals surface area contributed by atoms with Crippen molar-refractivity contribution in [1.82, 2.24) is 40.4 Å². The molecular weight excluding hydrogens is 815 g/mol. The monoisotopic (exact) mass is 866 g/mol. The minimum Gasteiger partial charge on any atom is -0.453 e. The second-order valence-corrected chi connectivity index (χ2v) is 17.9. The van der Waals surface area contributed by atoms with E-state index in [1.54, 1.807) is 57.6 Å². The quantitative estimate of drug-likeness (QED) is 0.108. The highest BCUT2D eigenvalue weighted by Gasteiger charge is 2.43. The Bertz CT molecular complexity index is 2010. The van der Waals surface area contributed by atoms with Crippen LogP contribution in [-0.4, -0.2) is 116 Å². The number of hydrogen-bond acceptors (Lipinski definition) is 10. The fourth-order valence-corrected chi connectivity index (χ4v) is 9.16. The number of hydrogen-bond donors (Lipinski definition) is 4. The molecule has 4 N–H and O–H groups in total. The Morgan fingerprint density at radius 3 is 1.28 bits per heavy atom. The lowest BCUT2D eigenvalue weighted by Crippen LogP contribution is -2.51. The van der Waals surface area contributed by atoms with Crippen LogP contribution in [0, 0.1) is 23.7 Å². The van der Waals surface area contributed by atoms with Crippen molar-refractivity contribution in [3.8, 4) is 33.6 Å². The third-order valence-electron chi connectivity index (χ3n) is 11.2. The van der Waals surface area contributed by atoms with E-state index in [1.807, 2.05) is 64.5 Å². The molecule has 2 aromatic carbocycles. The van der Waals surface area contributed by atoms with Gasteiger partial charge in [0.15, 0.2) is 0 Å². The lowest BCUT2D eigenvalue weighted by Gasteiger charge is -2.30. The third-order valence-corrected chi connectivity index (χ3v) is 13.2. The van der Waals surface area contributed by atoms with Crippen molar-refractivity contribution in [1.29, 1.82) is 0 Å². The van der Waals surface area contributed by atoms with Crippen LogP contribution in [0.25, 0.3) is 33.6 Å². The zero-order valence-corrected chi connectivity index (χ0v) is 36.5. The molecule has 4 amide bonds. The number of alkyl carbamates (subject to hydrolysis) is 2. The molecule has 60 heavy (non-hydrogen) atoms. The van der Waals surface area contributed by atoms with Crippen LogP contribution in [0.2, 0.25) is 0 Å². The molecule has 322 valence electrons. The number of nitrogens with one attached hydrogen (secondary N) is 4. The summed E-state index contributed by atoms with van der Waals surface area (Å²) in [7, 11) is 2.48. The molecule has 0 radical (unpaired) electrons. The maximum atomic E-state index is 15.5. The normalized spacial score (nSPS) is 20.1. The number of aromatic amines is 2. The minimum absolute atomic E-state index is 0.0981. The molecule has 2 aliphatic rings. The van der Waals surface area contributed by atoms with Crippen LogP contribution in [-0.2, 0) is 19.1 Å². The summed E-state index contributed by atoms with van der Waals surface area (Å²) in [4.78, 5) is 69.7. The molecule has 4 heterocycles. The molecule has 2 saturated heterocycles. The summed E-state index contributed by atoms with van der Waals surface area (Å²) >= 11 is 3.23. The molecule has 0 spiro atoms. The number of ether oxygens (including phenoxy) is 2. The fourth-order valence-electron chi connectivity index (χ4n) is 7.79. The molecule has 0 saturated carbocycles. The van der Waals surface area contributed by atoms with Gasteiger partial charge in [-0.1, -0.05) is 76.2 Å². The first kappa shape index (κ1) is 44.5. The first-order chi connectivity index (χ1) is 28.7. The van der Waals surface area contributed by atoms with Crippen molar-refractivity contribution in [3.63, 3.8) is 0 Å². The highest BCUT2D eigenvalue weighted by molar-refractivity contribution is 7.99. The van der Waals surface area contributed by atoms with E-state index in [1.165, 1.54) is 14.2 Å². The number of amides is 4. The molecule has 4 aromatic rings. The maximum Gasteiger partial charge on any atom is 0.407 e. The summed E-state index contributed by atoms with van der Waals surface area (Å²) in [5, 5.41) is 5.48. The summed E-state index contributed by atoms with van der Waals surface area (Å²) < 4.78 is 40.6. The van der Waals surface area contributed by atoms with Crippen molar-refractivity contribution >= 4 is 47.5 Å². The molecule has 14 nitrogen and oxygen atoms in total. The smallest absolute Gasteiger partial charge is 0.407 e. The van der Waals surface area contributed by atoms with Crippen molar-refractivity contribution in [2.75, 3.05) is 39.8 Å². The number of likely N-dealkylation sites (tertiary alicyclic amines) is 2. The molecule has 18 heteroatoms. The Labute approximate surface area is 356 Å². The van der Waals surface area contributed by atoms with Crippen LogP contribution < -0.4 is 10.6 Å². The van der Waals surface area contributed by atoms with Crippen molar-refractivity contribution in [3.05, 3.63) is 72.1 Å². The predicted octanol–water partition coefficient (Wildman–Crippen LogP) is 7.18. The summed E-state index contributed by atoms with van der Waals surface area (Å²) in [6.07, 6.45) is 3.65. The Hall–Kier alpha value is -5.10.